The van der Waals surface area contributed by atoms with E-state index in [2.05, 4.69) is 0 Å². The number of rotatable bonds is 15. The highest BCUT2D eigenvalue weighted by Gasteiger charge is 2.68. The van der Waals surface area contributed by atoms with E-state index >= 15 is 0 Å². The molecule has 0 aliphatic heterocycles. The largest absolute Gasteiger partial charge is 0.462 e. The summed E-state index contributed by atoms with van der Waals surface area (Å²) in [7, 11) is 0. The van der Waals surface area contributed by atoms with Gasteiger partial charge in [-0.05, 0) is 195 Å². The minimum absolute atomic E-state index is 0. The van der Waals surface area contributed by atoms with Crippen LogP contribution in [0, 0.1) is 99.6 Å². The molecule has 0 aromatic heterocycles. The van der Waals surface area contributed by atoms with Crippen LogP contribution in [-0.4, -0.2) is 62.4 Å². The van der Waals surface area contributed by atoms with Gasteiger partial charge in [-0.3, -0.25) is 19.2 Å². The lowest BCUT2D eigenvalue weighted by molar-refractivity contribution is -0.173. The van der Waals surface area contributed by atoms with Gasteiger partial charge in [0.15, 0.2) is 13.6 Å². The van der Waals surface area contributed by atoms with Crippen LogP contribution in [0.5, 0.6) is 0 Å². The Hall–Kier alpha value is -2.20. The molecule has 10 aliphatic rings. The van der Waals surface area contributed by atoms with Crippen LogP contribution in [-0.2, 0) is 47.6 Å². The van der Waals surface area contributed by atoms with E-state index in [4.69, 9.17) is 28.4 Å². The van der Waals surface area contributed by atoms with Gasteiger partial charge in [0.05, 0.1) is 35.4 Å². The van der Waals surface area contributed by atoms with Crippen LogP contribution < -0.4 is 0 Å². The molecule has 10 heteroatoms. The number of carbonyl (C=O) groups excluding carboxylic acids is 4. The van der Waals surface area contributed by atoms with Crippen molar-refractivity contribution in [1.82, 2.24) is 0 Å². The monoisotopic (exact) mass is 975 g/mol. The molecule has 0 spiro atoms. The molecule has 0 N–H and O–H groups in total. The van der Waals surface area contributed by atoms with Gasteiger partial charge in [-0.2, -0.15) is 0 Å². The molecule has 10 nitrogen and oxygen atoms in total. The first-order valence-corrected chi connectivity index (χ1v) is 26.2. The molecular weight excluding hydrogens is 869 g/mol. The average molecular weight is 975 g/mol. The lowest BCUT2D eigenvalue weighted by Crippen LogP contribution is -2.43. The maximum atomic E-state index is 12.9. The molecule has 10 aliphatic carbocycles. The summed E-state index contributed by atoms with van der Waals surface area (Å²) in [6, 6.07) is 0. The van der Waals surface area contributed by atoms with Gasteiger partial charge in [0.1, 0.15) is 12.2 Å². The smallest absolute Gasteiger partial charge is 0.311 e. The Balaban J connectivity index is 0.000000336. The van der Waals surface area contributed by atoms with Gasteiger partial charge in [0.2, 0.25) is 0 Å². The summed E-state index contributed by atoms with van der Waals surface area (Å²) < 4.78 is 34.9. The second-order valence-electron chi connectivity index (χ2n) is 23.9. The van der Waals surface area contributed by atoms with Crippen molar-refractivity contribution >= 4 is 23.9 Å². The highest BCUT2D eigenvalue weighted by atomic mass is 16.7. The standard InChI is InChI=1S/C27H42O5.C26H40O5.6CH4/c1-4-27(2,3)26(29)32-22-13-18-12-21(22)24-19-10-17(23(18)24)11-20(19)25(28)31-15-30-14-16-8-6-5-7-9-16;1-4-26(2,3)25(28)31-21-13-16-12-20(21)23-18-10-15(22(16)23)11-19(18)24(27)30-14-29-17-8-6-5-7-9-17;;;;;;/h16-24H,4-15H2,1-3H3;15-23H,4-14H2,1-3H3;6*1H4. The van der Waals surface area contributed by atoms with Gasteiger partial charge < -0.3 is 28.4 Å². The third kappa shape index (κ3) is 12.1. The van der Waals surface area contributed by atoms with Crippen LogP contribution in [0.2, 0.25) is 0 Å². The Morgan fingerprint density at radius 3 is 1.29 bits per heavy atom. The summed E-state index contributed by atoms with van der Waals surface area (Å²) in [5, 5.41) is 0. The van der Waals surface area contributed by atoms with Gasteiger partial charge >= 0.3 is 23.9 Å². The van der Waals surface area contributed by atoms with Crippen molar-refractivity contribution in [1.29, 1.82) is 0 Å². The van der Waals surface area contributed by atoms with E-state index in [0.29, 0.717) is 65.1 Å². The van der Waals surface area contributed by atoms with E-state index in [1.165, 1.54) is 64.2 Å². The maximum absolute atomic E-state index is 12.9. The number of hydrogen-bond donors (Lipinski definition) is 0. The van der Waals surface area contributed by atoms with Crippen molar-refractivity contribution in [2.75, 3.05) is 20.2 Å². The third-order valence-electron chi connectivity index (χ3n) is 19.9. The molecule has 402 valence electrons. The summed E-state index contributed by atoms with van der Waals surface area (Å²) >= 11 is 0. The highest BCUT2D eigenvalue weighted by molar-refractivity contribution is 5.77. The van der Waals surface area contributed by atoms with E-state index in [1.807, 2.05) is 41.5 Å². The van der Waals surface area contributed by atoms with Crippen molar-refractivity contribution < 1.29 is 47.6 Å². The zero-order valence-corrected chi connectivity index (χ0v) is 39.7. The van der Waals surface area contributed by atoms with Crippen LogP contribution in [0.3, 0.4) is 0 Å². The molecule has 0 aromatic carbocycles. The van der Waals surface area contributed by atoms with Crippen molar-refractivity contribution in [2.45, 2.75) is 233 Å². The quantitative estimate of drug-likeness (QED) is 0.0515. The molecule has 0 amide bonds. The van der Waals surface area contributed by atoms with Gasteiger partial charge in [-0.1, -0.05) is 96.9 Å². The lowest BCUT2D eigenvalue weighted by Gasteiger charge is -2.41. The van der Waals surface area contributed by atoms with Crippen LogP contribution in [0.4, 0.5) is 0 Å². The Labute approximate surface area is 422 Å². The number of fused-ring (bicyclic) bond motifs is 18. The van der Waals surface area contributed by atoms with Gasteiger partial charge in [-0.15, -0.1) is 0 Å². The fourth-order valence-electron chi connectivity index (χ4n) is 16.1. The van der Waals surface area contributed by atoms with Gasteiger partial charge in [-0.25, -0.2) is 0 Å². The van der Waals surface area contributed by atoms with E-state index in [-0.39, 0.29) is 112 Å². The SMILES string of the molecule is C.C.C.C.C.C.CCC(C)(C)C(=O)OC1CC2CC1C1C3CC(CC3C(=O)OCOC3CCCCC3)C21.CCC(C)(C)C(=O)OC1CC2CC1C1C3CC(CC3C(=O)OCOCC3CCCCC3)C21. The molecule has 8 bridgehead atoms. The number of hydrogen-bond acceptors (Lipinski definition) is 10. The Kier molecular flexibility index (Phi) is 22.3. The highest BCUT2D eigenvalue weighted by Crippen LogP contribution is 2.70. The molecule has 0 saturated heterocycles. The van der Waals surface area contributed by atoms with E-state index in [0.717, 1.165) is 82.7 Å². The van der Waals surface area contributed by atoms with Crippen LogP contribution in [0.1, 0.15) is 215 Å². The predicted octanol–water partition coefficient (Wildman–Crippen LogP) is 14.3. The van der Waals surface area contributed by atoms with Crippen LogP contribution in [0.25, 0.3) is 0 Å². The molecule has 0 heterocycles. The molecular formula is C59H106O10. The Morgan fingerprint density at radius 1 is 0.464 bits per heavy atom. The topological polar surface area (TPSA) is 124 Å². The number of carbonyl (C=O) groups is 4. The van der Waals surface area contributed by atoms with Crippen molar-refractivity contribution in [3.63, 3.8) is 0 Å². The molecule has 16 atom stereocenters. The average Bonchev–Trinajstić information content (AvgIpc) is 4.16. The minimum atomic E-state index is -0.417. The molecule has 10 rings (SSSR count). The van der Waals surface area contributed by atoms with E-state index in [9.17, 15) is 19.2 Å². The first-order valence-electron chi connectivity index (χ1n) is 26.2. The minimum Gasteiger partial charge on any atom is -0.462 e. The second kappa shape index (κ2) is 25.2. The molecule has 69 heavy (non-hydrogen) atoms. The lowest BCUT2D eigenvalue weighted by atomic mass is 9.66. The predicted molar refractivity (Wildman–Crippen MR) is 276 cm³/mol. The van der Waals surface area contributed by atoms with Gasteiger partial charge in [0, 0.05) is 0 Å². The maximum Gasteiger partial charge on any atom is 0.311 e. The van der Waals surface area contributed by atoms with Crippen molar-refractivity contribution in [2.24, 2.45) is 99.6 Å². The van der Waals surface area contributed by atoms with Crippen LogP contribution >= 0.6 is 0 Å². The molecule has 0 aromatic rings. The summed E-state index contributed by atoms with van der Waals surface area (Å²) in [5.41, 5.74) is -0.833. The van der Waals surface area contributed by atoms with E-state index < -0.39 is 10.8 Å². The third-order valence-corrected chi connectivity index (χ3v) is 19.9. The Morgan fingerprint density at radius 2 is 0.855 bits per heavy atom. The van der Waals surface area contributed by atoms with Crippen molar-refractivity contribution in [3.05, 3.63) is 0 Å². The summed E-state index contributed by atoms with van der Waals surface area (Å²) in [5.74, 6) is 7.39. The molecule has 16 unspecified atom stereocenters. The molecule has 10 saturated carbocycles. The Bertz CT molecular complexity index is 1650. The number of ether oxygens (including phenoxy) is 6. The summed E-state index contributed by atoms with van der Waals surface area (Å²) in [4.78, 5) is 51.2. The molecule has 10 fully saturated rings. The fraction of sp³-hybridized carbons (Fsp3) is 0.932. The second-order valence-corrected chi connectivity index (χ2v) is 23.9. The molecule has 0 radical (unpaired) electrons. The van der Waals surface area contributed by atoms with E-state index in [1.54, 1.807) is 0 Å². The van der Waals surface area contributed by atoms with Crippen molar-refractivity contribution in [3.8, 4) is 0 Å². The number of esters is 4. The summed E-state index contributed by atoms with van der Waals surface area (Å²) in [6.07, 6.45) is 23.0. The fourth-order valence-corrected chi connectivity index (χ4v) is 16.1. The normalized spacial score (nSPS) is 37.4. The zero-order valence-electron chi connectivity index (χ0n) is 39.7. The first-order chi connectivity index (χ1) is 30.3. The summed E-state index contributed by atoms with van der Waals surface area (Å²) in [6.45, 7) is 12.9. The zero-order chi connectivity index (χ0) is 44.2. The first kappa shape index (κ1) is 61.1. The van der Waals surface area contributed by atoms with Crippen LogP contribution in [0.15, 0.2) is 0 Å². The van der Waals surface area contributed by atoms with Gasteiger partial charge in [0.25, 0.3) is 0 Å².